The normalized spacial score (nSPS) is 22.6. The zero-order valence-electron chi connectivity index (χ0n) is 20.4. The van der Waals surface area contributed by atoms with Crippen molar-refractivity contribution in [2.45, 2.75) is 55.1 Å². The van der Waals surface area contributed by atoms with Crippen molar-refractivity contribution in [2.24, 2.45) is 0 Å². The van der Waals surface area contributed by atoms with Crippen LogP contribution in [0, 0.1) is 0 Å². The molecule has 0 saturated carbocycles. The number of nitrogens with one attached hydrogen (secondary N) is 1. The van der Waals surface area contributed by atoms with E-state index >= 15 is 0 Å². The number of ether oxygens (including phenoxy) is 1. The average molecular weight is 536 g/mol. The van der Waals surface area contributed by atoms with Crippen LogP contribution in [-0.2, 0) is 25.8 Å². The van der Waals surface area contributed by atoms with Gasteiger partial charge in [-0.1, -0.05) is 23.7 Å². The van der Waals surface area contributed by atoms with Gasteiger partial charge >= 0.3 is 0 Å². The third kappa shape index (κ3) is 4.42. The van der Waals surface area contributed by atoms with Gasteiger partial charge < -0.3 is 14.7 Å². The molecule has 0 aromatic heterocycles. The molecule has 9 nitrogen and oxygen atoms in total. The van der Waals surface area contributed by atoms with Gasteiger partial charge in [0.05, 0.1) is 13.7 Å². The molecule has 2 amide bonds. The van der Waals surface area contributed by atoms with Crippen LogP contribution in [0.15, 0.2) is 47.4 Å². The fourth-order valence-electron chi connectivity index (χ4n) is 4.95. The van der Waals surface area contributed by atoms with E-state index in [0.29, 0.717) is 6.42 Å². The van der Waals surface area contributed by atoms with Crippen LogP contribution in [0.3, 0.4) is 0 Å². The summed E-state index contributed by atoms with van der Waals surface area (Å²) in [4.78, 5) is 27.7. The molecular formula is C25H30ClN3O6S. The Bertz CT molecular complexity index is 1270. The summed E-state index contributed by atoms with van der Waals surface area (Å²) in [7, 11) is -2.97. The predicted molar refractivity (Wildman–Crippen MR) is 134 cm³/mol. The first-order valence-corrected chi connectivity index (χ1v) is 13.6. The number of piperazine rings is 1. The van der Waals surface area contributed by atoms with Gasteiger partial charge in [-0.3, -0.25) is 19.8 Å². The molecule has 2 aliphatic rings. The molecule has 36 heavy (non-hydrogen) atoms. The van der Waals surface area contributed by atoms with Crippen LogP contribution in [0.1, 0.15) is 32.3 Å². The summed E-state index contributed by atoms with van der Waals surface area (Å²) in [6.07, 6.45) is 0.682. The first-order valence-electron chi connectivity index (χ1n) is 11.8. The number of phenols is 1. The lowest BCUT2D eigenvalue weighted by atomic mass is 9.97. The van der Waals surface area contributed by atoms with Gasteiger partial charge in [0.1, 0.15) is 22.4 Å². The van der Waals surface area contributed by atoms with Gasteiger partial charge in [0.2, 0.25) is 26.6 Å². The Balaban J connectivity index is 1.84. The first-order chi connectivity index (χ1) is 17.0. The number of hydrogen-bond donors (Lipinski definition) is 2. The van der Waals surface area contributed by atoms with Gasteiger partial charge in [-0.15, -0.1) is 0 Å². The van der Waals surface area contributed by atoms with Gasteiger partial charge in [0, 0.05) is 24.0 Å². The molecule has 0 bridgehead atoms. The zero-order chi connectivity index (χ0) is 26.3. The van der Waals surface area contributed by atoms with Crippen LogP contribution < -0.4 is 10.1 Å². The van der Waals surface area contributed by atoms with Gasteiger partial charge in [-0.25, -0.2) is 8.42 Å². The molecular weight excluding hydrogens is 506 g/mol. The number of phenolic OH excluding ortho intramolecular Hbond substituents is 1. The molecule has 2 fully saturated rings. The average Bonchev–Trinajstić information content (AvgIpc) is 2.84. The predicted octanol–water partition coefficient (Wildman–Crippen LogP) is 2.56. The van der Waals surface area contributed by atoms with E-state index in [0.717, 1.165) is 5.56 Å². The van der Waals surface area contributed by atoms with E-state index < -0.39 is 26.8 Å². The lowest BCUT2D eigenvalue weighted by Crippen LogP contribution is -2.80. The van der Waals surface area contributed by atoms with Gasteiger partial charge in [-0.05, 0) is 62.6 Å². The van der Waals surface area contributed by atoms with Crippen molar-refractivity contribution >= 4 is 33.3 Å². The Labute approximate surface area is 215 Å². The van der Waals surface area contributed by atoms with Crippen molar-refractivity contribution in [3.63, 3.8) is 0 Å². The van der Waals surface area contributed by atoms with Crippen LogP contribution in [0.5, 0.6) is 11.5 Å². The molecule has 2 aliphatic heterocycles. The lowest BCUT2D eigenvalue weighted by Gasteiger charge is -2.56. The van der Waals surface area contributed by atoms with Gasteiger partial charge in [-0.2, -0.15) is 0 Å². The third-order valence-electron chi connectivity index (χ3n) is 6.79. The van der Waals surface area contributed by atoms with Crippen molar-refractivity contribution in [1.29, 1.82) is 0 Å². The highest BCUT2D eigenvalue weighted by molar-refractivity contribution is 7.93. The van der Waals surface area contributed by atoms with Crippen molar-refractivity contribution in [3.05, 3.63) is 53.1 Å². The minimum atomic E-state index is -4.34. The molecule has 0 spiro atoms. The summed E-state index contributed by atoms with van der Waals surface area (Å²) in [6, 6.07) is 9.57. The van der Waals surface area contributed by atoms with E-state index in [1.165, 1.54) is 35.1 Å². The number of benzene rings is 2. The Morgan fingerprint density at radius 3 is 2.53 bits per heavy atom. The smallest absolute Gasteiger partial charge is 0.245 e. The number of hydrogen-bond acceptors (Lipinski definition) is 7. The summed E-state index contributed by atoms with van der Waals surface area (Å²) >= 11 is 6.18. The summed E-state index contributed by atoms with van der Waals surface area (Å²) in [5.74, 6) is -0.493. The molecule has 0 aliphatic carbocycles. The second kappa shape index (κ2) is 9.91. The van der Waals surface area contributed by atoms with Crippen molar-refractivity contribution < 1.29 is 27.9 Å². The number of carbonyl (C=O) groups is 2. The Hall–Kier alpha value is -2.82. The van der Waals surface area contributed by atoms with Gasteiger partial charge in [0.25, 0.3) is 0 Å². The van der Waals surface area contributed by atoms with E-state index in [1.54, 1.807) is 24.3 Å². The second-order valence-corrected chi connectivity index (χ2v) is 11.9. The number of fused-ring (bicyclic) bond motifs is 1. The highest BCUT2D eigenvalue weighted by atomic mass is 35.5. The number of aromatic hydroxyl groups is 1. The van der Waals surface area contributed by atoms with E-state index in [-0.39, 0.29) is 59.3 Å². The number of rotatable bonds is 7. The van der Waals surface area contributed by atoms with Crippen LogP contribution >= 0.6 is 11.6 Å². The number of aryl methyl sites for hydroxylation is 1. The topological polar surface area (TPSA) is 116 Å². The molecule has 2 atom stereocenters. The Morgan fingerprint density at radius 2 is 1.89 bits per heavy atom. The van der Waals surface area contributed by atoms with Gasteiger partial charge in [0.15, 0.2) is 0 Å². The SMILES string of the molecule is COc1ccc(Cl)cc1S(=O)(=O)C12CN(C(C)C)C(=O)C(CCc3ccc(O)cc3)N1C(=O)CCN2. The summed E-state index contributed by atoms with van der Waals surface area (Å²) in [5.41, 5.74) is 0.852. The molecule has 2 aromatic rings. The minimum absolute atomic E-state index is 0.0641. The summed E-state index contributed by atoms with van der Waals surface area (Å²) < 4.78 is 34.1. The number of sulfone groups is 1. The molecule has 2 N–H and O–H groups in total. The van der Waals surface area contributed by atoms with E-state index in [1.807, 2.05) is 13.8 Å². The van der Waals surface area contributed by atoms with Crippen LogP contribution in [0.25, 0.3) is 0 Å². The maximum atomic E-state index is 14.4. The molecule has 0 radical (unpaired) electrons. The first kappa shape index (κ1) is 26.2. The van der Waals surface area contributed by atoms with Crippen molar-refractivity contribution in [3.8, 4) is 11.5 Å². The van der Waals surface area contributed by atoms with Crippen molar-refractivity contribution in [1.82, 2.24) is 15.1 Å². The molecule has 2 aromatic carbocycles. The number of halogens is 1. The Morgan fingerprint density at radius 1 is 1.19 bits per heavy atom. The maximum Gasteiger partial charge on any atom is 0.245 e. The largest absolute Gasteiger partial charge is 0.508 e. The number of amides is 2. The monoisotopic (exact) mass is 535 g/mol. The molecule has 11 heteroatoms. The summed E-state index contributed by atoms with van der Waals surface area (Å²) in [5, 5.41) is 12.9. The molecule has 2 saturated heterocycles. The highest BCUT2D eigenvalue weighted by Gasteiger charge is 2.62. The number of nitrogens with zero attached hydrogens (tertiary/aromatic N) is 2. The number of methoxy groups -OCH3 is 1. The minimum Gasteiger partial charge on any atom is -0.508 e. The summed E-state index contributed by atoms with van der Waals surface area (Å²) in [6.45, 7) is 3.54. The van der Waals surface area contributed by atoms with Crippen molar-refractivity contribution in [2.75, 3.05) is 20.2 Å². The van der Waals surface area contributed by atoms with Crippen LogP contribution in [0.4, 0.5) is 0 Å². The number of carbonyl (C=O) groups excluding carboxylic acids is 2. The molecule has 2 unspecified atom stereocenters. The van der Waals surface area contributed by atoms with E-state index in [9.17, 15) is 23.1 Å². The van der Waals surface area contributed by atoms with Crippen LogP contribution in [0.2, 0.25) is 5.02 Å². The quantitative estimate of drug-likeness (QED) is 0.559. The van der Waals surface area contributed by atoms with E-state index in [2.05, 4.69) is 5.32 Å². The third-order valence-corrected chi connectivity index (χ3v) is 9.28. The molecule has 194 valence electrons. The standard InChI is InChI=1S/C25H30ClN3O6S/c1-16(2)28-15-25(36(33,34)22-14-18(26)7-11-21(22)35-3)27-13-12-23(31)29(25)20(24(28)32)10-6-17-4-8-19(30)9-5-17/h4-5,7-9,11,14,16,20,27,30H,6,10,12-13,15H2,1-3H3. The van der Waals surface area contributed by atoms with Crippen LogP contribution in [-0.4, -0.2) is 72.4 Å². The molecule has 2 heterocycles. The van der Waals surface area contributed by atoms with E-state index in [4.69, 9.17) is 16.3 Å². The fourth-order valence-corrected chi connectivity index (χ4v) is 7.34. The zero-order valence-corrected chi connectivity index (χ0v) is 22.0. The lowest BCUT2D eigenvalue weighted by molar-refractivity contribution is -0.165. The molecule has 4 rings (SSSR count). The highest BCUT2D eigenvalue weighted by Crippen LogP contribution is 2.41. The fraction of sp³-hybridized carbons (Fsp3) is 0.440. The second-order valence-electron chi connectivity index (χ2n) is 9.30. The Kier molecular flexibility index (Phi) is 7.23. The maximum absolute atomic E-state index is 14.4.